The van der Waals surface area contributed by atoms with E-state index in [0.29, 0.717) is 25.3 Å². The molecule has 288 valence electrons. The molecule has 3 heterocycles. The van der Waals surface area contributed by atoms with Crippen molar-refractivity contribution in [1.82, 2.24) is 14.9 Å². The predicted molar refractivity (Wildman–Crippen MR) is 196 cm³/mol. The van der Waals surface area contributed by atoms with Crippen molar-refractivity contribution < 1.29 is 55.6 Å². The van der Waals surface area contributed by atoms with Crippen molar-refractivity contribution in [2.24, 2.45) is 0 Å². The van der Waals surface area contributed by atoms with Gasteiger partial charge in [0.2, 0.25) is 0 Å². The smallest absolute Gasteiger partial charge is 0.419 e. The Kier molecular flexibility index (Phi) is 17.2. The Morgan fingerprint density at radius 3 is 1.85 bits per heavy atom. The molecule has 4 atom stereocenters. The second-order valence-electron chi connectivity index (χ2n) is 12.1. The summed E-state index contributed by atoms with van der Waals surface area (Å²) in [6.45, 7) is 3.58. The molecule has 0 aliphatic carbocycles. The lowest BCUT2D eigenvalue weighted by atomic mass is 10.2. The van der Waals surface area contributed by atoms with Gasteiger partial charge in [0, 0.05) is 32.6 Å². The van der Waals surface area contributed by atoms with Gasteiger partial charge in [0.1, 0.15) is 29.5 Å². The number of likely N-dealkylation sites (tertiary alicyclic amines) is 1. The first kappa shape index (κ1) is 43.5. The fourth-order valence-electron chi connectivity index (χ4n) is 5.44. The number of β-amino-alcohol motifs (C(OH)–C–C–N with tert-alkyl or cyclic N) is 1. The van der Waals surface area contributed by atoms with Crippen molar-refractivity contribution in [3.63, 3.8) is 0 Å². The third-order valence-electron chi connectivity index (χ3n) is 8.15. The average molecular weight is 874 g/mol. The van der Waals surface area contributed by atoms with Crippen molar-refractivity contribution in [1.29, 1.82) is 0 Å². The summed E-state index contributed by atoms with van der Waals surface area (Å²) >= 11 is 0. The van der Waals surface area contributed by atoms with Crippen LogP contribution in [0.4, 0.5) is 26.3 Å². The van der Waals surface area contributed by atoms with Gasteiger partial charge in [-0.3, -0.25) is 9.46 Å². The number of aliphatic hydroxyl groups is 2. The molecule has 1 amide bonds. The van der Waals surface area contributed by atoms with E-state index in [2.05, 4.69) is 14.7 Å². The highest BCUT2D eigenvalue weighted by molar-refractivity contribution is 14.0. The second-order valence-corrected chi connectivity index (χ2v) is 12.8. The van der Waals surface area contributed by atoms with E-state index in [4.69, 9.17) is 24.4 Å². The summed E-state index contributed by atoms with van der Waals surface area (Å²) in [6, 6.07) is 17.1. The third kappa shape index (κ3) is 13.8. The Morgan fingerprint density at radius 1 is 0.808 bits per heavy atom. The fourth-order valence-corrected chi connectivity index (χ4v) is 5.83. The number of nitrogens with zero attached hydrogens (tertiary/aromatic N) is 2. The van der Waals surface area contributed by atoms with Crippen LogP contribution in [0.3, 0.4) is 0 Å². The van der Waals surface area contributed by atoms with E-state index in [1.165, 1.54) is 35.2 Å². The van der Waals surface area contributed by atoms with Crippen LogP contribution in [0.2, 0.25) is 0 Å². The largest absolute Gasteiger partial charge is 0.488 e. The summed E-state index contributed by atoms with van der Waals surface area (Å²) in [5.41, 5.74) is -0.798. The van der Waals surface area contributed by atoms with Gasteiger partial charge in [0.15, 0.2) is 6.61 Å². The molecule has 3 fully saturated rings. The Bertz CT molecular complexity index is 1520. The molecule has 3 saturated heterocycles. The van der Waals surface area contributed by atoms with Gasteiger partial charge in [-0.25, -0.2) is 0 Å². The highest BCUT2D eigenvalue weighted by Gasteiger charge is 2.36. The molecule has 0 bridgehead atoms. The first-order chi connectivity index (χ1) is 24.2. The minimum absolute atomic E-state index is 0. The van der Waals surface area contributed by atoms with E-state index in [9.17, 15) is 31.1 Å². The van der Waals surface area contributed by atoms with Crippen LogP contribution in [0.1, 0.15) is 36.0 Å². The van der Waals surface area contributed by atoms with Crippen molar-refractivity contribution in [3.05, 3.63) is 89.5 Å². The maximum absolute atomic E-state index is 13.1. The van der Waals surface area contributed by atoms with Gasteiger partial charge in [0.25, 0.3) is 5.91 Å². The molecule has 17 heteroatoms. The van der Waals surface area contributed by atoms with Gasteiger partial charge in [-0.05, 0) is 61.3 Å². The van der Waals surface area contributed by atoms with E-state index in [1.807, 2.05) is 4.67 Å². The van der Waals surface area contributed by atoms with Crippen LogP contribution in [0, 0.1) is 0 Å². The summed E-state index contributed by atoms with van der Waals surface area (Å²) in [4.78, 5) is 13.8. The standard InChI is InChI=1S/C20H20F3NO4.C11H12F3NO.C4H10NOP.HI/c21-20(22,23)17-3-1-2-4-18(17)28-16-9-10-24(11-16)19(26)13-27-15-7-5-14(12-25)6-8-15;12-11(13,14)9-3-1-2-4-10(9)16-8-5-6-15-7-8;6-4-1-2-5(7)3-4;/h1-8,16,25H,9-13H2;1-4,8,15H,5-7H2;4,6H,1-3,7H2;1H. The molecule has 3 aromatic carbocycles. The van der Waals surface area contributed by atoms with Crippen molar-refractivity contribution in [3.8, 4) is 17.2 Å². The Morgan fingerprint density at radius 2 is 1.38 bits per heavy atom. The van der Waals surface area contributed by atoms with Gasteiger partial charge < -0.3 is 34.6 Å². The summed E-state index contributed by atoms with van der Waals surface area (Å²) in [5, 5.41) is 20.9. The monoisotopic (exact) mass is 873 g/mol. The first-order valence-electron chi connectivity index (χ1n) is 16.4. The molecule has 52 heavy (non-hydrogen) atoms. The molecule has 3 aliphatic rings. The van der Waals surface area contributed by atoms with Gasteiger partial charge in [-0.15, -0.1) is 24.0 Å². The average Bonchev–Trinajstić information content (AvgIpc) is 3.87. The molecular weight excluding hydrogens is 830 g/mol. The van der Waals surface area contributed by atoms with Crippen LogP contribution in [-0.2, 0) is 23.8 Å². The Hall–Kier alpha value is -2.89. The van der Waals surface area contributed by atoms with Gasteiger partial charge in [-0.1, -0.05) is 45.8 Å². The molecular formula is C35H43F6IN3O6P. The summed E-state index contributed by atoms with van der Waals surface area (Å²) < 4.78 is 95.4. The Labute approximate surface area is 317 Å². The number of carbonyl (C=O) groups is 1. The molecule has 9 nitrogen and oxygen atoms in total. The summed E-state index contributed by atoms with van der Waals surface area (Å²) in [7, 11) is 2.57. The molecule has 0 spiro atoms. The number of nitrogens with one attached hydrogen (secondary N) is 1. The summed E-state index contributed by atoms with van der Waals surface area (Å²) in [6.07, 6.45) is -7.47. The number of rotatable bonds is 8. The van der Waals surface area contributed by atoms with Gasteiger partial charge in [0.05, 0.1) is 30.4 Å². The zero-order chi connectivity index (χ0) is 37.0. The number of halogens is 7. The second kappa shape index (κ2) is 20.5. The molecule has 3 N–H and O–H groups in total. The van der Waals surface area contributed by atoms with Crippen LogP contribution >= 0.6 is 33.4 Å². The lowest BCUT2D eigenvalue weighted by Crippen LogP contribution is -2.34. The number of ether oxygens (including phenoxy) is 3. The number of hydrogen-bond donors (Lipinski definition) is 3. The van der Waals surface area contributed by atoms with E-state index in [-0.39, 0.29) is 73.3 Å². The van der Waals surface area contributed by atoms with E-state index in [0.717, 1.165) is 50.2 Å². The van der Waals surface area contributed by atoms with Crippen LogP contribution in [-0.4, -0.2) is 89.9 Å². The minimum Gasteiger partial charge on any atom is -0.488 e. The highest BCUT2D eigenvalue weighted by Crippen LogP contribution is 2.38. The maximum atomic E-state index is 13.1. The van der Waals surface area contributed by atoms with Gasteiger partial charge in [-0.2, -0.15) is 26.3 Å². The highest BCUT2D eigenvalue weighted by atomic mass is 127. The molecule has 0 saturated carbocycles. The van der Waals surface area contributed by atoms with Crippen LogP contribution in [0.15, 0.2) is 72.8 Å². The van der Waals surface area contributed by atoms with Crippen LogP contribution in [0.25, 0.3) is 0 Å². The van der Waals surface area contributed by atoms with E-state index >= 15 is 0 Å². The van der Waals surface area contributed by atoms with Crippen molar-refractivity contribution in [2.45, 2.75) is 56.5 Å². The maximum Gasteiger partial charge on any atom is 0.419 e. The minimum atomic E-state index is -4.50. The topological polar surface area (TPSA) is 104 Å². The van der Waals surface area contributed by atoms with Crippen LogP contribution < -0.4 is 19.5 Å². The number of benzene rings is 3. The fraction of sp³-hybridized carbons (Fsp3) is 0.457. The molecule has 0 radical (unpaired) electrons. The number of alkyl halides is 6. The molecule has 6 rings (SSSR count). The van der Waals surface area contributed by atoms with Gasteiger partial charge >= 0.3 is 12.4 Å². The molecule has 3 aromatic rings. The predicted octanol–water partition coefficient (Wildman–Crippen LogP) is 6.16. The molecule has 3 aliphatic heterocycles. The SMILES string of the molecule is FC(F)(F)c1ccccc1OC1CCNC1.I.O=C(COc1ccc(CO)cc1)N1CCC(Oc2ccccc2C(F)(F)F)C1.OC1CCN(P)C1. The number of hydrogen-bond acceptors (Lipinski definition) is 8. The molecule has 4 unspecified atom stereocenters. The zero-order valence-corrected chi connectivity index (χ0v) is 31.6. The van der Waals surface area contributed by atoms with E-state index < -0.39 is 29.6 Å². The number of carbonyl (C=O) groups excluding carboxylic acids is 1. The normalized spacial score (nSPS) is 20.2. The quantitative estimate of drug-likeness (QED) is 0.141. The van der Waals surface area contributed by atoms with Crippen molar-refractivity contribution >= 4 is 39.3 Å². The summed E-state index contributed by atoms with van der Waals surface area (Å²) in [5.74, 6) is -0.0729. The van der Waals surface area contributed by atoms with Crippen LogP contribution in [0.5, 0.6) is 17.2 Å². The lowest BCUT2D eigenvalue weighted by Gasteiger charge is -2.19. The first-order valence-corrected chi connectivity index (χ1v) is 16.9. The number of para-hydroxylation sites is 2. The van der Waals surface area contributed by atoms with E-state index in [1.54, 1.807) is 30.3 Å². The zero-order valence-electron chi connectivity index (χ0n) is 28.1. The number of amides is 1. The number of aliphatic hydroxyl groups excluding tert-OH is 2. The lowest BCUT2D eigenvalue weighted by molar-refractivity contribution is -0.140. The molecule has 0 aromatic heterocycles. The Balaban J connectivity index is 0.000000253. The van der Waals surface area contributed by atoms with Crippen molar-refractivity contribution in [2.75, 3.05) is 45.9 Å². The third-order valence-corrected chi connectivity index (χ3v) is 8.62.